The summed E-state index contributed by atoms with van der Waals surface area (Å²) in [5.74, 6) is 1.84. The van der Waals surface area contributed by atoms with Crippen LogP contribution in [0.15, 0.2) is 30.3 Å². The molecule has 2 aliphatic rings. The lowest BCUT2D eigenvalue weighted by Gasteiger charge is -2.23. The highest BCUT2D eigenvalue weighted by atomic mass is 79.9. The van der Waals surface area contributed by atoms with Crippen LogP contribution in [0.4, 0.5) is 4.79 Å². The second-order valence-corrected chi connectivity index (χ2v) is 6.83. The van der Waals surface area contributed by atoms with Crippen LogP contribution in [0.25, 0.3) is 0 Å². The first-order valence-corrected chi connectivity index (χ1v) is 8.85. The van der Waals surface area contributed by atoms with E-state index in [0.717, 1.165) is 30.2 Å². The van der Waals surface area contributed by atoms with E-state index in [1.54, 1.807) is 0 Å². The van der Waals surface area contributed by atoms with Crippen molar-refractivity contribution in [3.63, 3.8) is 0 Å². The van der Waals surface area contributed by atoms with Crippen LogP contribution < -0.4 is 5.32 Å². The number of fused-ring (bicyclic) bond motifs is 1. The van der Waals surface area contributed by atoms with Gasteiger partial charge in [-0.15, -0.1) is 0 Å². The van der Waals surface area contributed by atoms with Crippen LogP contribution in [0.5, 0.6) is 0 Å². The van der Waals surface area contributed by atoms with Crippen molar-refractivity contribution in [3.8, 4) is 0 Å². The molecule has 3 atom stereocenters. The van der Waals surface area contributed by atoms with Crippen LogP contribution in [0, 0.1) is 17.8 Å². The zero-order chi connectivity index (χ0) is 15.5. The van der Waals surface area contributed by atoms with E-state index in [1.807, 2.05) is 30.3 Å². The van der Waals surface area contributed by atoms with Gasteiger partial charge in [0.05, 0.1) is 11.4 Å². The minimum absolute atomic E-state index is 0.0305. The minimum Gasteiger partial charge on any atom is -0.445 e. The zero-order valence-electron chi connectivity index (χ0n) is 12.3. The summed E-state index contributed by atoms with van der Waals surface area (Å²) < 4.78 is 5.23. The molecule has 0 aliphatic heterocycles. The molecule has 0 spiro atoms. The summed E-state index contributed by atoms with van der Waals surface area (Å²) in [6.07, 6.45) is 2.88. The van der Waals surface area contributed by atoms with Gasteiger partial charge in [0.15, 0.2) is 5.78 Å². The summed E-state index contributed by atoms with van der Waals surface area (Å²) >= 11 is 3.21. The van der Waals surface area contributed by atoms with Crippen molar-refractivity contribution in [1.82, 2.24) is 5.32 Å². The fourth-order valence-electron chi connectivity index (χ4n) is 3.47. The number of hydrogen-bond acceptors (Lipinski definition) is 3. The fraction of sp³-hybridized carbons (Fsp3) is 0.529. The van der Waals surface area contributed by atoms with Crippen LogP contribution in [0.2, 0.25) is 0 Å². The van der Waals surface area contributed by atoms with E-state index in [9.17, 15) is 9.59 Å². The van der Waals surface area contributed by atoms with E-state index >= 15 is 0 Å². The lowest BCUT2D eigenvalue weighted by molar-refractivity contribution is -0.119. The summed E-state index contributed by atoms with van der Waals surface area (Å²) in [7, 11) is 0. The molecule has 1 aromatic rings. The summed E-state index contributed by atoms with van der Waals surface area (Å²) in [6.45, 7) is 0.220. The molecular formula is C17H20BrNO3. The van der Waals surface area contributed by atoms with Gasteiger partial charge in [0, 0.05) is 0 Å². The Labute approximate surface area is 138 Å². The Morgan fingerprint density at radius 2 is 1.86 bits per heavy atom. The average molecular weight is 366 g/mol. The number of halogens is 1. The Morgan fingerprint density at radius 1 is 1.18 bits per heavy atom. The van der Waals surface area contributed by atoms with Crippen molar-refractivity contribution in [1.29, 1.82) is 0 Å². The van der Waals surface area contributed by atoms with E-state index in [4.69, 9.17) is 4.74 Å². The second-order valence-electron chi connectivity index (χ2n) is 6.27. The van der Waals surface area contributed by atoms with Gasteiger partial charge in [0.2, 0.25) is 0 Å². The first kappa shape index (κ1) is 15.5. The molecule has 0 bridgehead atoms. The fourth-order valence-corrected chi connectivity index (χ4v) is 3.82. The number of amides is 1. The maximum absolute atomic E-state index is 12.1. The van der Waals surface area contributed by atoms with Crippen molar-refractivity contribution in [2.24, 2.45) is 17.8 Å². The van der Waals surface area contributed by atoms with Gasteiger partial charge in [-0.2, -0.15) is 0 Å². The molecule has 0 saturated heterocycles. The number of carbonyl (C=O) groups excluding carboxylic acids is 2. The Bertz CT molecular complexity index is 538. The quantitative estimate of drug-likeness (QED) is 0.786. The van der Waals surface area contributed by atoms with E-state index in [1.165, 1.54) is 6.42 Å². The maximum Gasteiger partial charge on any atom is 0.408 e. The highest BCUT2D eigenvalue weighted by molar-refractivity contribution is 9.09. The number of Topliss-reactive ketones (excluding diaryl/α,β-unsaturated/α-hetero) is 1. The molecule has 0 unspecified atom stereocenters. The Kier molecular flexibility index (Phi) is 4.81. The number of hydrogen-bond donors (Lipinski definition) is 1. The number of benzene rings is 1. The first-order valence-electron chi connectivity index (χ1n) is 7.73. The third kappa shape index (κ3) is 3.69. The standard InChI is InChI=1S/C17H20BrNO3/c18-9-15(20)16(14-7-12-6-13(12)8-14)19-17(21)22-10-11-4-2-1-3-5-11/h1-5,12-14,16H,6-10H2,(H,19,21)/t12-,13-,16-/m0/s1. The summed E-state index contributed by atoms with van der Waals surface area (Å²) in [5, 5.41) is 3.05. The lowest BCUT2D eigenvalue weighted by Crippen LogP contribution is -2.46. The van der Waals surface area contributed by atoms with Crippen molar-refractivity contribution >= 4 is 27.8 Å². The van der Waals surface area contributed by atoms with Gasteiger partial charge >= 0.3 is 6.09 Å². The zero-order valence-corrected chi connectivity index (χ0v) is 13.9. The molecule has 2 saturated carbocycles. The van der Waals surface area contributed by atoms with Gasteiger partial charge in [-0.3, -0.25) is 4.79 Å². The largest absolute Gasteiger partial charge is 0.445 e. The third-order valence-electron chi connectivity index (χ3n) is 4.72. The molecule has 2 aliphatic carbocycles. The van der Waals surface area contributed by atoms with Gasteiger partial charge in [0.1, 0.15) is 6.61 Å². The van der Waals surface area contributed by atoms with Gasteiger partial charge < -0.3 is 10.1 Å². The molecule has 0 aromatic heterocycles. The van der Waals surface area contributed by atoms with Crippen LogP contribution in [0.1, 0.15) is 24.8 Å². The van der Waals surface area contributed by atoms with Crippen molar-refractivity contribution in [2.75, 3.05) is 5.33 Å². The second kappa shape index (κ2) is 6.82. The molecule has 1 N–H and O–H groups in total. The van der Waals surface area contributed by atoms with Gasteiger partial charge in [-0.25, -0.2) is 4.79 Å². The molecule has 2 fully saturated rings. The number of ketones is 1. The highest BCUT2D eigenvalue weighted by Gasteiger charge is 2.49. The predicted molar refractivity (Wildman–Crippen MR) is 86.7 cm³/mol. The third-order valence-corrected chi connectivity index (χ3v) is 5.27. The molecule has 22 heavy (non-hydrogen) atoms. The molecule has 3 rings (SSSR count). The molecule has 5 heteroatoms. The average Bonchev–Trinajstić information content (AvgIpc) is 3.16. The van der Waals surface area contributed by atoms with Gasteiger partial charge in [-0.05, 0) is 42.6 Å². The maximum atomic E-state index is 12.1. The molecular weight excluding hydrogens is 346 g/mol. The SMILES string of the molecule is O=C(N[C@H](C(=O)CBr)C1C[C@@H]2C[C@H]2C1)OCc1ccccc1. The Balaban J connectivity index is 1.53. The first-order chi connectivity index (χ1) is 10.7. The minimum atomic E-state index is -0.510. The van der Waals surface area contributed by atoms with Crippen LogP contribution in [-0.2, 0) is 16.1 Å². The molecule has 0 heterocycles. The highest BCUT2D eigenvalue weighted by Crippen LogP contribution is 2.55. The monoisotopic (exact) mass is 365 g/mol. The Hall–Kier alpha value is -1.36. The van der Waals surface area contributed by atoms with Crippen molar-refractivity contribution in [3.05, 3.63) is 35.9 Å². The molecule has 0 radical (unpaired) electrons. The molecule has 1 amide bonds. The van der Waals surface area contributed by atoms with E-state index < -0.39 is 12.1 Å². The van der Waals surface area contributed by atoms with Crippen molar-refractivity contribution < 1.29 is 14.3 Å². The number of ether oxygens (including phenoxy) is 1. The van der Waals surface area contributed by atoms with E-state index in [0.29, 0.717) is 0 Å². The lowest BCUT2D eigenvalue weighted by atomic mass is 9.92. The summed E-state index contributed by atoms with van der Waals surface area (Å²) in [6, 6.07) is 9.10. The van der Waals surface area contributed by atoms with Crippen LogP contribution >= 0.6 is 15.9 Å². The molecule has 1 aromatic carbocycles. The van der Waals surface area contributed by atoms with Crippen molar-refractivity contribution in [2.45, 2.75) is 31.9 Å². The summed E-state index contributed by atoms with van der Waals surface area (Å²) in [5.41, 5.74) is 0.933. The van der Waals surface area contributed by atoms with E-state index in [-0.39, 0.29) is 23.6 Å². The summed E-state index contributed by atoms with van der Waals surface area (Å²) in [4.78, 5) is 24.1. The predicted octanol–water partition coefficient (Wildman–Crippen LogP) is 3.29. The van der Waals surface area contributed by atoms with Crippen LogP contribution in [0.3, 0.4) is 0 Å². The topological polar surface area (TPSA) is 55.4 Å². The number of alkyl halides is 1. The number of nitrogens with one attached hydrogen (secondary N) is 1. The number of carbonyl (C=O) groups is 2. The van der Waals surface area contributed by atoms with Crippen LogP contribution in [-0.4, -0.2) is 23.2 Å². The Morgan fingerprint density at radius 3 is 2.50 bits per heavy atom. The molecule has 118 valence electrons. The smallest absolute Gasteiger partial charge is 0.408 e. The van der Waals surface area contributed by atoms with Gasteiger partial charge in [0.25, 0.3) is 0 Å². The van der Waals surface area contributed by atoms with E-state index in [2.05, 4.69) is 21.2 Å². The normalized spacial score (nSPS) is 24.4. The van der Waals surface area contributed by atoms with Gasteiger partial charge in [-0.1, -0.05) is 46.3 Å². The number of rotatable bonds is 6. The molecule has 4 nitrogen and oxygen atoms in total. The number of alkyl carbamates (subject to hydrolysis) is 1.